The Morgan fingerprint density at radius 1 is 1.07 bits per heavy atom. The molecule has 2 aliphatic heterocycles. The number of rotatable bonds is 3. The maximum absolute atomic E-state index is 13.4. The first-order valence-corrected chi connectivity index (χ1v) is 11.1. The Labute approximate surface area is 169 Å². The average molecular weight is 409 g/mol. The summed E-state index contributed by atoms with van der Waals surface area (Å²) in [5, 5.41) is 0. The summed E-state index contributed by atoms with van der Waals surface area (Å²) in [4.78, 5) is 9.53. The van der Waals surface area contributed by atoms with Gasteiger partial charge in [0.1, 0.15) is 5.82 Å². The zero-order valence-corrected chi connectivity index (χ0v) is 16.7. The van der Waals surface area contributed by atoms with E-state index in [0.717, 1.165) is 35.2 Å². The van der Waals surface area contributed by atoms with Crippen molar-refractivity contribution in [3.63, 3.8) is 0 Å². The van der Waals surface area contributed by atoms with Gasteiger partial charge in [0.05, 0.1) is 16.6 Å². The van der Waals surface area contributed by atoms with Gasteiger partial charge in [-0.2, -0.15) is 4.31 Å². The Morgan fingerprint density at radius 2 is 1.83 bits per heavy atom. The molecule has 1 fully saturated rings. The van der Waals surface area contributed by atoms with E-state index in [1.807, 2.05) is 19.1 Å². The number of benzene rings is 2. The molecule has 5 rings (SSSR count). The lowest BCUT2D eigenvalue weighted by Crippen LogP contribution is -2.42. The molecule has 2 aliphatic rings. The summed E-state index contributed by atoms with van der Waals surface area (Å²) in [5.41, 5.74) is 3.27. The summed E-state index contributed by atoms with van der Waals surface area (Å²) in [6.07, 6.45) is 3.88. The third kappa shape index (κ3) is 2.96. The molecule has 0 radical (unpaired) electrons. The van der Waals surface area contributed by atoms with E-state index in [0.29, 0.717) is 17.1 Å². The number of sulfonamides is 1. The predicted molar refractivity (Wildman–Crippen MR) is 107 cm³/mol. The number of halogens is 1. The molecule has 0 amide bonds. The molecular formula is C22H20FN3O2S. The van der Waals surface area contributed by atoms with E-state index in [1.165, 1.54) is 12.1 Å². The van der Waals surface area contributed by atoms with Crippen molar-refractivity contribution in [1.82, 2.24) is 14.3 Å². The van der Waals surface area contributed by atoms with Gasteiger partial charge in [0, 0.05) is 29.8 Å². The molecule has 0 saturated carbocycles. The SMILES string of the molecule is Cc1ccccc1S(=O)(=O)N1[C@H]2CC[C@@H]1c1cnc(-c3ccc(F)cc3)nc1C2. The van der Waals surface area contributed by atoms with Gasteiger partial charge in [0.2, 0.25) is 10.0 Å². The minimum Gasteiger partial charge on any atom is -0.236 e. The van der Waals surface area contributed by atoms with Crippen molar-refractivity contribution in [2.75, 3.05) is 0 Å². The zero-order valence-electron chi connectivity index (χ0n) is 15.9. The quantitative estimate of drug-likeness (QED) is 0.655. The van der Waals surface area contributed by atoms with E-state index in [1.54, 1.807) is 34.8 Å². The summed E-state index contributed by atoms with van der Waals surface area (Å²) in [6.45, 7) is 1.82. The van der Waals surface area contributed by atoms with Crippen molar-refractivity contribution in [2.24, 2.45) is 0 Å². The second kappa shape index (κ2) is 6.71. The molecule has 0 aliphatic carbocycles. The number of aromatic nitrogens is 2. The minimum atomic E-state index is -3.60. The topological polar surface area (TPSA) is 63.2 Å². The van der Waals surface area contributed by atoms with Crippen molar-refractivity contribution in [3.8, 4) is 11.4 Å². The van der Waals surface area contributed by atoms with Gasteiger partial charge < -0.3 is 0 Å². The average Bonchev–Trinajstić information content (AvgIpc) is 3.05. The number of hydrogen-bond acceptors (Lipinski definition) is 4. The first-order valence-electron chi connectivity index (χ1n) is 9.66. The number of aryl methyl sites for hydroxylation is 1. The van der Waals surface area contributed by atoms with Crippen LogP contribution in [0.1, 0.15) is 35.7 Å². The van der Waals surface area contributed by atoms with E-state index in [2.05, 4.69) is 4.98 Å². The number of nitrogens with zero attached hydrogens (tertiary/aromatic N) is 3. The highest BCUT2D eigenvalue weighted by atomic mass is 32.2. The second-order valence-corrected chi connectivity index (χ2v) is 9.47. The van der Waals surface area contributed by atoms with E-state index < -0.39 is 10.0 Å². The molecule has 5 nitrogen and oxygen atoms in total. The molecular weight excluding hydrogens is 389 g/mol. The Morgan fingerprint density at radius 3 is 2.59 bits per heavy atom. The third-order valence-corrected chi connectivity index (χ3v) is 8.00. The molecule has 2 atom stereocenters. The van der Waals surface area contributed by atoms with Crippen LogP contribution in [0.25, 0.3) is 11.4 Å². The molecule has 0 N–H and O–H groups in total. The third-order valence-electron chi connectivity index (χ3n) is 5.88. The lowest BCUT2D eigenvalue weighted by Gasteiger charge is -2.35. The van der Waals surface area contributed by atoms with Gasteiger partial charge in [-0.15, -0.1) is 0 Å². The highest BCUT2D eigenvalue weighted by Gasteiger charge is 2.47. The van der Waals surface area contributed by atoms with Crippen LogP contribution in [0.2, 0.25) is 0 Å². The Hall–Kier alpha value is -2.64. The molecule has 3 aromatic rings. The van der Waals surface area contributed by atoms with Crippen molar-refractivity contribution in [1.29, 1.82) is 0 Å². The van der Waals surface area contributed by atoms with Gasteiger partial charge in [0.25, 0.3) is 0 Å². The zero-order chi connectivity index (χ0) is 20.2. The van der Waals surface area contributed by atoms with E-state index in [4.69, 9.17) is 4.98 Å². The smallest absolute Gasteiger partial charge is 0.236 e. The van der Waals surface area contributed by atoms with Crippen LogP contribution >= 0.6 is 0 Å². The van der Waals surface area contributed by atoms with Gasteiger partial charge in [-0.3, -0.25) is 0 Å². The Kier molecular flexibility index (Phi) is 4.26. The van der Waals surface area contributed by atoms with Gasteiger partial charge in [-0.1, -0.05) is 18.2 Å². The maximum Gasteiger partial charge on any atom is 0.244 e. The van der Waals surface area contributed by atoms with Crippen LogP contribution in [0.3, 0.4) is 0 Å². The number of fused-ring (bicyclic) bond motifs is 4. The molecule has 3 heterocycles. The molecule has 148 valence electrons. The van der Waals surface area contributed by atoms with E-state index in [-0.39, 0.29) is 17.9 Å². The molecule has 0 spiro atoms. The first kappa shape index (κ1) is 18.4. The normalized spacial score (nSPS) is 21.2. The summed E-state index contributed by atoms with van der Waals surface area (Å²) < 4.78 is 41.8. The monoisotopic (exact) mass is 409 g/mol. The van der Waals surface area contributed by atoms with Crippen LogP contribution in [0, 0.1) is 12.7 Å². The Balaban J connectivity index is 1.54. The summed E-state index contributed by atoms with van der Waals surface area (Å²) in [7, 11) is -3.60. The van der Waals surface area contributed by atoms with Crippen LogP contribution in [0.4, 0.5) is 4.39 Å². The fraction of sp³-hybridized carbons (Fsp3) is 0.273. The summed E-state index contributed by atoms with van der Waals surface area (Å²) >= 11 is 0. The van der Waals surface area contributed by atoms with E-state index in [9.17, 15) is 12.8 Å². The fourth-order valence-corrected chi connectivity index (χ4v) is 6.58. The molecule has 2 bridgehead atoms. The van der Waals surface area contributed by atoms with Crippen molar-refractivity contribution in [2.45, 2.75) is 43.2 Å². The van der Waals surface area contributed by atoms with Crippen LogP contribution in [0.15, 0.2) is 59.6 Å². The molecule has 7 heteroatoms. The minimum absolute atomic E-state index is 0.104. The molecule has 0 unspecified atom stereocenters. The first-order chi connectivity index (χ1) is 13.9. The highest BCUT2D eigenvalue weighted by molar-refractivity contribution is 7.89. The van der Waals surface area contributed by atoms with Gasteiger partial charge in [-0.05, 0) is 55.7 Å². The predicted octanol–water partition coefficient (Wildman–Crippen LogP) is 4.04. The second-order valence-electron chi connectivity index (χ2n) is 7.65. The largest absolute Gasteiger partial charge is 0.244 e. The van der Waals surface area contributed by atoms with Gasteiger partial charge >= 0.3 is 0 Å². The Bertz CT molecular complexity index is 1190. The molecule has 1 saturated heterocycles. The highest BCUT2D eigenvalue weighted by Crippen LogP contribution is 2.46. The van der Waals surface area contributed by atoms with Crippen LogP contribution < -0.4 is 0 Å². The van der Waals surface area contributed by atoms with Gasteiger partial charge in [-0.25, -0.2) is 22.8 Å². The lowest BCUT2D eigenvalue weighted by atomic mass is 10.0. The standard InChI is InChI=1S/C22H20FN3O2S/c1-14-4-2-3-5-21(14)29(27,28)26-17-10-11-20(26)18-13-24-22(25-19(18)12-17)15-6-8-16(23)9-7-15/h2-9,13,17,20H,10-12H2,1H3/t17-,20+/m0/s1. The number of hydrogen-bond donors (Lipinski definition) is 0. The van der Waals surface area contributed by atoms with Crippen LogP contribution in [-0.2, 0) is 16.4 Å². The molecule has 1 aromatic heterocycles. The van der Waals surface area contributed by atoms with Crippen molar-refractivity contribution >= 4 is 10.0 Å². The van der Waals surface area contributed by atoms with Crippen molar-refractivity contribution in [3.05, 3.63) is 77.4 Å². The lowest BCUT2D eigenvalue weighted by molar-refractivity contribution is 0.300. The summed E-state index contributed by atoms with van der Waals surface area (Å²) in [5.74, 6) is 0.236. The maximum atomic E-state index is 13.4. The molecule has 29 heavy (non-hydrogen) atoms. The van der Waals surface area contributed by atoms with E-state index >= 15 is 0 Å². The molecule has 2 aromatic carbocycles. The van der Waals surface area contributed by atoms with Crippen LogP contribution in [-0.4, -0.2) is 28.7 Å². The summed E-state index contributed by atoms with van der Waals surface area (Å²) in [6, 6.07) is 12.8. The van der Waals surface area contributed by atoms with Gasteiger partial charge in [0.15, 0.2) is 5.82 Å². The van der Waals surface area contributed by atoms with Crippen molar-refractivity contribution < 1.29 is 12.8 Å². The fourth-order valence-electron chi connectivity index (χ4n) is 4.50. The van der Waals surface area contributed by atoms with Crippen LogP contribution in [0.5, 0.6) is 0 Å².